The number of primary amides is 1. The maximum atomic E-state index is 13.0. The van der Waals surface area contributed by atoms with Crippen molar-refractivity contribution in [1.82, 2.24) is 0 Å². The van der Waals surface area contributed by atoms with Gasteiger partial charge in [-0.25, -0.2) is 13.2 Å². The van der Waals surface area contributed by atoms with Crippen LogP contribution in [0.1, 0.15) is 22.3 Å². The van der Waals surface area contributed by atoms with Crippen LogP contribution < -0.4 is 10.0 Å². The highest BCUT2D eigenvalue weighted by Gasteiger charge is 2.29. The zero-order valence-corrected chi connectivity index (χ0v) is 14.7. The first-order valence-electron chi connectivity index (χ1n) is 8.06. The molecular weight excluding hydrogens is 356 g/mol. The average molecular weight is 374 g/mol. The summed E-state index contributed by atoms with van der Waals surface area (Å²) >= 11 is 0. The van der Waals surface area contributed by atoms with Crippen molar-refractivity contribution in [2.24, 2.45) is 5.73 Å². The van der Waals surface area contributed by atoms with E-state index in [1.165, 1.54) is 28.6 Å². The molecule has 7 nitrogen and oxygen atoms in total. The Hall–Kier alpha value is -2.87. The van der Waals surface area contributed by atoms with E-state index in [2.05, 4.69) is 0 Å². The summed E-state index contributed by atoms with van der Waals surface area (Å²) in [7, 11) is -3.74. The number of sulfonamides is 1. The number of benzene rings is 2. The Morgan fingerprint density at radius 3 is 2.46 bits per heavy atom. The average Bonchev–Trinajstić information content (AvgIpc) is 2.65. The summed E-state index contributed by atoms with van der Waals surface area (Å²) in [6.07, 6.45) is 1.58. The number of para-hydroxylation sites is 1. The van der Waals surface area contributed by atoms with E-state index in [0.29, 0.717) is 12.2 Å². The van der Waals surface area contributed by atoms with E-state index in [9.17, 15) is 18.0 Å². The van der Waals surface area contributed by atoms with Crippen LogP contribution in [-0.4, -0.2) is 33.4 Å². The lowest BCUT2D eigenvalue weighted by Crippen LogP contribution is -2.35. The van der Waals surface area contributed by atoms with Crippen molar-refractivity contribution in [2.75, 3.05) is 17.5 Å². The summed E-state index contributed by atoms with van der Waals surface area (Å²) < 4.78 is 32.1. The maximum Gasteiger partial charge on any atom is 0.338 e. The molecule has 0 saturated heterocycles. The van der Waals surface area contributed by atoms with Gasteiger partial charge < -0.3 is 10.5 Å². The number of nitrogens with two attached hydrogens (primary N) is 1. The van der Waals surface area contributed by atoms with Crippen molar-refractivity contribution in [3.05, 3.63) is 59.7 Å². The molecule has 3 rings (SSSR count). The number of rotatable bonds is 5. The molecule has 2 N–H and O–H groups in total. The number of esters is 1. The predicted molar refractivity (Wildman–Crippen MR) is 95.2 cm³/mol. The van der Waals surface area contributed by atoms with Gasteiger partial charge in [0, 0.05) is 6.54 Å². The molecule has 0 unspecified atom stereocenters. The molecule has 2 aromatic carbocycles. The van der Waals surface area contributed by atoms with Gasteiger partial charge in [-0.2, -0.15) is 0 Å². The first-order valence-corrected chi connectivity index (χ1v) is 9.50. The highest BCUT2D eigenvalue weighted by molar-refractivity contribution is 7.92. The summed E-state index contributed by atoms with van der Waals surface area (Å²) in [4.78, 5) is 22.5. The smallest absolute Gasteiger partial charge is 0.338 e. The number of amides is 1. The van der Waals surface area contributed by atoms with Gasteiger partial charge in [0.15, 0.2) is 6.61 Å². The minimum Gasteiger partial charge on any atom is -0.452 e. The molecule has 0 aliphatic carbocycles. The number of carbonyl (C=O) groups excluding carboxylic acids is 2. The van der Waals surface area contributed by atoms with Crippen molar-refractivity contribution < 1.29 is 22.7 Å². The second-order valence-electron chi connectivity index (χ2n) is 5.88. The summed E-state index contributed by atoms with van der Waals surface area (Å²) in [6.45, 7) is -0.120. The van der Waals surface area contributed by atoms with Gasteiger partial charge in [-0.1, -0.05) is 18.2 Å². The number of aryl methyl sites for hydroxylation is 1. The van der Waals surface area contributed by atoms with E-state index < -0.39 is 28.5 Å². The fraction of sp³-hybridized carbons (Fsp3) is 0.222. The normalized spacial score (nSPS) is 13.8. The minimum absolute atomic E-state index is 0.0839. The molecule has 0 saturated carbocycles. The summed E-state index contributed by atoms with van der Waals surface area (Å²) in [6, 6.07) is 12.8. The quantitative estimate of drug-likeness (QED) is 0.798. The molecule has 2 aromatic rings. The number of fused-ring (bicyclic) bond motifs is 1. The molecule has 136 valence electrons. The van der Waals surface area contributed by atoms with Crippen molar-refractivity contribution in [2.45, 2.75) is 17.7 Å². The molecule has 1 amide bonds. The van der Waals surface area contributed by atoms with Gasteiger partial charge in [0.1, 0.15) is 0 Å². The second-order valence-corrected chi connectivity index (χ2v) is 7.74. The molecule has 0 spiro atoms. The molecule has 8 heteroatoms. The van der Waals surface area contributed by atoms with E-state index in [-0.39, 0.29) is 10.5 Å². The number of anilines is 1. The van der Waals surface area contributed by atoms with Crippen LogP contribution in [0.5, 0.6) is 0 Å². The van der Waals surface area contributed by atoms with E-state index in [1.807, 2.05) is 18.2 Å². The lowest BCUT2D eigenvalue weighted by molar-refractivity contribution is -0.121. The second kappa shape index (κ2) is 7.17. The maximum absolute atomic E-state index is 13.0. The van der Waals surface area contributed by atoms with Gasteiger partial charge in [-0.3, -0.25) is 9.10 Å². The van der Waals surface area contributed by atoms with Crippen LogP contribution in [0.3, 0.4) is 0 Å². The monoisotopic (exact) mass is 374 g/mol. The van der Waals surface area contributed by atoms with Crippen LogP contribution in [-0.2, 0) is 26.0 Å². The summed E-state index contributed by atoms with van der Waals surface area (Å²) in [5, 5.41) is 0. The number of nitrogens with zero attached hydrogens (tertiary/aromatic N) is 1. The Balaban J connectivity index is 1.85. The van der Waals surface area contributed by atoms with Crippen LogP contribution in [0.2, 0.25) is 0 Å². The Morgan fingerprint density at radius 1 is 1.08 bits per heavy atom. The van der Waals surface area contributed by atoms with E-state index >= 15 is 0 Å². The number of hydrogen-bond acceptors (Lipinski definition) is 5. The van der Waals surface area contributed by atoms with E-state index in [1.54, 1.807) is 6.07 Å². The third-order valence-electron chi connectivity index (χ3n) is 4.09. The summed E-state index contributed by atoms with van der Waals surface area (Å²) in [5.41, 5.74) is 6.74. The number of hydrogen-bond donors (Lipinski definition) is 1. The molecule has 0 aromatic heterocycles. The standard InChI is InChI=1S/C18H18N2O5S/c19-17(21)12-25-18(22)14-7-9-15(10-8-14)26(23,24)20-11-3-5-13-4-1-2-6-16(13)20/h1-2,4,6-10H,3,5,11-12H2,(H2,19,21). The highest BCUT2D eigenvalue weighted by Crippen LogP contribution is 2.31. The molecule has 1 aliphatic heterocycles. The SMILES string of the molecule is NC(=O)COC(=O)c1ccc(S(=O)(=O)N2CCCc3ccccc32)cc1. The Labute approximate surface area is 151 Å². The van der Waals surface area contributed by atoms with Crippen molar-refractivity contribution in [3.63, 3.8) is 0 Å². The van der Waals surface area contributed by atoms with Crippen molar-refractivity contribution in [3.8, 4) is 0 Å². The number of ether oxygens (including phenoxy) is 1. The van der Waals surface area contributed by atoms with E-state index in [0.717, 1.165) is 18.4 Å². The molecule has 0 radical (unpaired) electrons. The van der Waals surface area contributed by atoms with Gasteiger partial charge in [-0.15, -0.1) is 0 Å². The van der Waals surface area contributed by atoms with Gasteiger partial charge in [0.05, 0.1) is 16.1 Å². The largest absolute Gasteiger partial charge is 0.452 e. The zero-order chi connectivity index (χ0) is 18.7. The topological polar surface area (TPSA) is 107 Å². The van der Waals surface area contributed by atoms with Crippen LogP contribution in [0.4, 0.5) is 5.69 Å². The lowest BCUT2D eigenvalue weighted by atomic mass is 10.0. The Morgan fingerprint density at radius 2 is 1.77 bits per heavy atom. The van der Waals surface area contributed by atoms with Gasteiger partial charge in [0.2, 0.25) is 0 Å². The fourth-order valence-corrected chi connectivity index (χ4v) is 4.40. The van der Waals surface area contributed by atoms with Crippen LogP contribution in [0, 0.1) is 0 Å². The third kappa shape index (κ3) is 3.55. The summed E-state index contributed by atoms with van der Waals surface area (Å²) in [5.74, 6) is -1.50. The Kier molecular flexibility index (Phi) is 4.94. The van der Waals surface area contributed by atoms with Crippen molar-refractivity contribution in [1.29, 1.82) is 0 Å². The van der Waals surface area contributed by atoms with Crippen molar-refractivity contribution >= 4 is 27.6 Å². The molecule has 0 atom stereocenters. The molecule has 26 heavy (non-hydrogen) atoms. The lowest BCUT2D eigenvalue weighted by Gasteiger charge is -2.30. The fourth-order valence-electron chi connectivity index (χ4n) is 2.86. The third-order valence-corrected chi connectivity index (χ3v) is 5.92. The molecule has 1 heterocycles. The first kappa shape index (κ1) is 17.9. The van der Waals surface area contributed by atoms with Gasteiger partial charge >= 0.3 is 5.97 Å². The van der Waals surface area contributed by atoms with Crippen LogP contribution in [0.25, 0.3) is 0 Å². The molecule has 0 fully saturated rings. The molecule has 1 aliphatic rings. The van der Waals surface area contributed by atoms with Crippen LogP contribution >= 0.6 is 0 Å². The minimum atomic E-state index is -3.74. The van der Waals surface area contributed by atoms with E-state index in [4.69, 9.17) is 10.5 Å². The first-order chi connectivity index (χ1) is 12.4. The highest BCUT2D eigenvalue weighted by atomic mass is 32.2. The number of carbonyl (C=O) groups is 2. The van der Waals surface area contributed by atoms with Crippen LogP contribution in [0.15, 0.2) is 53.4 Å². The Bertz CT molecular complexity index is 938. The van der Waals surface area contributed by atoms with Gasteiger partial charge in [0.25, 0.3) is 15.9 Å². The van der Waals surface area contributed by atoms with Gasteiger partial charge in [-0.05, 0) is 48.7 Å². The zero-order valence-electron chi connectivity index (χ0n) is 13.9. The molecular formula is C18H18N2O5S. The predicted octanol–water partition coefficient (Wildman–Crippen LogP) is 1.47. The molecule has 0 bridgehead atoms.